The number of fused-ring (bicyclic) bond motifs is 1. The summed E-state index contributed by atoms with van der Waals surface area (Å²) in [5.74, 6) is 0.402. The molecule has 2 aliphatic rings. The highest BCUT2D eigenvalue weighted by Crippen LogP contribution is 2.54. The van der Waals surface area contributed by atoms with Crippen molar-refractivity contribution >= 4 is 7.82 Å². The Balaban J connectivity index is 1.49. The van der Waals surface area contributed by atoms with E-state index in [0.29, 0.717) is 11.3 Å². The lowest BCUT2D eigenvalue weighted by atomic mass is 10.1. The molecule has 1 unspecified atom stereocenters. The molecule has 1 aromatic heterocycles. The van der Waals surface area contributed by atoms with E-state index in [-0.39, 0.29) is 19.6 Å². The second-order valence-corrected chi connectivity index (χ2v) is 8.42. The van der Waals surface area contributed by atoms with E-state index in [4.69, 9.17) is 23.8 Å². The largest absolute Gasteiger partial charge is 0.530 e. The first-order chi connectivity index (χ1) is 14.4. The first-order valence-corrected chi connectivity index (χ1v) is 10.5. The number of ether oxygens (including phenoxy) is 1. The molecule has 4 atom stereocenters. The van der Waals surface area contributed by atoms with Crippen molar-refractivity contribution in [2.24, 2.45) is 5.11 Å². The van der Waals surface area contributed by atoms with Crippen LogP contribution in [0.15, 0.2) is 45.2 Å². The molecule has 0 radical (unpaired) electrons. The Kier molecular flexibility index (Phi) is 5.50. The van der Waals surface area contributed by atoms with Crippen molar-refractivity contribution in [3.63, 3.8) is 0 Å². The van der Waals surface area contributed by atoms with Crippen LogP contribution in [0.3, 0.4) is 0 Å². The average molecular weight is 435 g/mol. The summed E-state index contributed by atoms with van der Waals surface area (Å²) < 4.78 is 35.9. The zero-order valence-electron chi connectivity index (χ0n) is 15.8. The van der Waals surface area contributed by atoms with E-state index < -0.39 is 37.4 Å². The standard InChI is InChI=1S/C17H18N5O7P/c1-10-7-22(17(24)19-16(10)23)15-6-12(20-21-18)14(28-15)9-27-30(25)26-8-11-4-2-3-5-13(11)29-30/h2-5,7,12,14-15H,6,8-9H2,1H3,(H,19,23,24)/t12-,14+,15+,30?/m0/s1. The van der Waals surface area contributed by atoms with Gasteiger partial charge in [-0.2, -0.15) is 0 Å². The number of azide groups is 1. The zero-order valence-corrected chi connectivity index (χ0v) is 16.7. The van der Waals surface area contributed by atoms with Crippen molar-refractivity contribution in [3.8, 4) is 5.75 Å². The molecule has 2 aliphatic heterocycles. The van der Waals surface area contributed by atoms with Crippen molar-refractivity contribution in [1.82, 2.24) is 9.55 Å². The van der Waals surface area contributed by atoms with Gasteiger partial charge in [-0.15, -0.1) is 0 Å². The number of nitrogens with zero attached hydrogens (tertiary/aromatic N) is 4. The molecule has 2 aromatic rings. The molecule has 1 saturated heterocycles. The number of phosphoric ester groups is 1. The minimum Gasteiger partial charge on any atom is -0.404 e. The van der Waals surface area contributed by atoms with Gasteiger partial charge >= 0.3 is 13.5 Å². The summed E-state index contributed by atoms with van der Waals surface area (Å²) in [5.41, 5.74) is 8.77. The van der Waals surface area contributed by atoms with Gasteiger partial charge in [-0.25, -0.2) is 9.36 Å². The first kappa shape index (κ1) is 20.4. The summed E-state index contributed by atoms with van der Waals surface area (Å²) in [5, 5.41) is 3.69. The van der Waals surface area contributed by atoms with Crippen LogP contribution >= 0.6 is 7.82 Å². The predicted octanol–water partition coefficient (Wildman–Crippen LogP) is 2.55. The van der Waals surface area contributed by atoms with Crippen LogP contribution in [0.25, 0.3) is 10.4 Å². The summed E-state index contributed by atoms with van der Waals surface area (Å²) in [6, 6.07) is 6.29. The molecule has 13 heteroatoms. The zero-order chi connectivity index (χ0) is 21.3. The van der Waals surface area contributed by atoms with E-state index in [1.165, 1.54) is 10.8 Å². The van der Waals surface area contributed by atoms with Crippen molar-refractivity contribution < 1.29 is 22.9 Å². The van der Waals surface area contributed by atoms with Crippen LogP contribution in [0.1, 0.15) is 23.8 Å². The third-order valence-corrected chi connectivity index (χ3v) is 6.15. The highest BCUT2D eigenvalue weighted by atomic mass is 31.2. The van der Waals surface area contributed by atoms with Crippen molar-refractivity contribution in [2.75, 3.05) is 6.61 Å². The fourth-order valence-electron chi connectivity index (χ4n) is 3.26. The van der Waals surface area contributed by atoms with E-state index in [1.807, 2.05) is 0 Å². The van der Waals surface area contributed by atoms with Gasteiger partial charge in [-0.1, -0.05) is 23.3 Å². The van der Waals surface area contributed by atoms with Crippen LogP contribution in [0.4, 0.5) is 0 Å². The van der Waals surface area contributed by atoms with Gasteiger partial charge in [0.2, 0.25) is 0 Å². The fraction of sp³-hybridized carbons (Fsp3) is 0.412. The molecular formula is C17H18N5O7P. The summed E-state index contributed by atoms with van der Waals surface area (Å²) in [7, 11) is -3.89. The van der Waals surface area contributed by atoms with Crippen LogP contribution < -0.4 is 15.8 Å². The van der Waals surface area contributed by atoms with Gasteiger partial charge in [0.15, 0.2) is 0 Å². The Labute approximate surface area is 169 Å². The number of aromatic nitrogens is 2. The first-order valence-electron chi connectivity index (χ1n) is 9.07. The highest BCUT2D eigenvalue weighted by Gasteiger charge is 2.40. The summed E-state index contributed by atoms with van der Waals surface area (Å²) in [6.07, 6.45) is -0.0698. The SMILES string of the molecule is Cc1cn([C@H]2C[C@H](N=[N+]=[N-])[C@@H](COP3(=O)OCc4ccccc4O3)O2)c(=O)[nH]c1=O. The van der Waals surface area contributed by atoms with Crippen LogP contribution in [0, 0.1) is 6.92 Å². The number of para-hydroxylation sites is 1. The maximum atomic E-state index is 12.8. The molecule has 0 aliphatic carbocycles. The molecule has 0 amide bonds. The summed E-state index contributed by atoms with van der Waals surface area (Å²) in [6.45, 7) is 1.36. The molecule has 0 spiro atoms. The maximum absolute atomic E-state index is 12.8. The molecule has 3 heterocycles. The van der Waals surface area contributed by atoms with Crippen molar-refractivity contribution in [3.05, 3.63) is 72.9 Å². The molecule has 4 rings (SSSR count). The molecule has 158 valence electrons. The number of aromatic amines is 1. The van der Waals surface area contributed by atoms with Crippen LogP contribution in [-0.2, 0) is 25.0 Å². The number of rotatable bonds is 5. The molecule has 1 N–H and O–H groups in total. The number of H-pyrrole nitrogens is 1. The van der Waals surface area contributed by atoms with E-state index in [2.05, 4.69) is 15.0 Å². The molecule has 1 fully saturated rings. The monoisotopic (exact) mass is 435 g/mol. The van der Waals surface area contributed by atoms with E-state index in [1.54, 1.807) is 31.2 Å². The molecule has 12 nitrogen and oxygen atoms in total. The Morgan fingerprint density at radius 1 is 1.40 bits per heavy atom. The van der Waals surface area contributed by atoms with Gasteiger partial charge in [0.05, 0.1) is 25.4 Å². The lowest BCUT2D eigenvalue weighted by molar-refractivity contribution is -0.0288. The number of benzene rings is 1. The number of hydrogen-bond acceptors (Lipinski definition) is 8. The normalized spacial score (nSPS) is 27.7. The third kappa shape index (κ3) is 4.04. The van der Waals surface area contributed by atoms with Gasteiger partial charge in [-0.3, -0.25) is 23.4 Å². The third-order valence-electron chi connectivity index (χ3n) is 4.82. The van der Waals surface area contributed by atoms with E-state index >= 15 is 0 Å². The van der Waals surface area contributed by atoms with Crippen LogP contribution in [-0.4, -0.2) is 28.3 Å². The highest BCUT2D eigenvalue weighted by molar-refractivity contribution is 7.49. The van der Waals surface area contributed by atoms with Crippen LogP contribution in [0.2, 0.25) is 0 Å². The van der Waals surface area contributed by atoms with E-state index in [9.17, 15) is 14.2 Å². The smallest absolute Gasteiger partial charge is 0.404 e. The Morgan fingerprint density at radius 2 is 2.20 bits per heavy atom. The second kappa shape index (κ2) is 8.10. The van der Waals surface area contributed by atoms with Gasteiger partial charge in [-0.05, 0) is 18.5 Å². The second-order valence-electron chi connectivity index (χ2n) is 6.83. The molecule has 0 saturated carbocycles. The molecule has 1 aromatic carbocycles. The van der Waals surface area contributed by atoms with Gasteiger partial charge < -0.3 is 9.26 Å². The minimum absolute atomic E-state index is 0.0629. The average Bonchev–Trinajstić information content (AvgIpc) is 3.12. The number of hydrogen-bond donors (Lipinski definition) is 1. The number of nitrogens with one attached hydrogen (secondary N) is 1. The molecular weight excluding hydrogens is 417 g/mol. The number of aryl methyl sites for hydroxylation is 1. The summed E-state index contributed by atoms with van der Waals surface area (Å²) in [4.78, 5) is 28.7. The minimum atomic E-state index is -3.89. The van der Waals surface area contributed by atoms with Gasteiger partial charge in [0.25, 0.3) is 5.56 Å². The van der Waals surface area contributed by atoms with Gasteiger partial charge in [0.1, 0.15) is 12.0 Å². The summed E-state index contributed by atoms with van der Waals surface area (Å²) >= 11 is 0. The fourth-order valence-corrected chi connectivity index (χ4v) is 4.49. The van der Waals surface area contributed by atoms with E-state index in [0.717, 1.165) is 5.56 Å². The molecule has 30 heavy (non-hydrogen) atoms. The lowest BCUT2D eigenvalue weighted by Crippen LogP contribution is -2.33. The van der Waals surface area contributed by atoms with Gasteiger partial charge in [0, 0.05) is 28.7 Å². The van der Waals surface area contributed by atoms with Crippen LogP contribution in [0.5, 0.6) is 5.75 Å². The number of phosphoric acid groups is 1. The topological polar surface area (TPSA) is 158 Å². The Hall–Kier alpha value is -2.88. The van der Waals surface area contributed by atoms with Crippen molar-refractivity contribution in [1.29, 1.82) is 0 Å². The molecule has 0 bridgehead atoms. The quantitative estimate of drug-likeness (QED) is 0.327. The van der Waals surface area contributed by atoms with Crippen molar-refractivity contribution in [2.45, 2.75) is 38.3 Å². The Bertz CT molecular complexity index is 1170. The lowest BCUT2D eigenvalue weighted by Gasteiger charge is -2.26. The maximum Gasteiger partial charge on any atom is 0.530 e. The Morgan fingerprint density at radius 3 is 3.00 bits per heavy atom. The predicted molar refractivity (Wildman–Crippen MR) is 103 cm³/mol.